The van der Waals surface area contributed by atoms with E-state index in [0.29, 0.717) is 0 Å². The van der Waals surface area contributed by atoms with Crippen LogP contribution in [-0.2, 0) is 0 Å². The summed E-state index contributed by atoms with van der Waals surface area (Å²) in [5.41, 5.74) is 15.4. The molecule has 0 radical (unpaired) electrons. The van der Waals surface area contributed by atoms with Gasteiger partial charge in [0.1, 0.15) is 22.3 Å². The zero-order valence-electron chi connectivity index (χ0n) is 40.1. The second-order valence-electron chi connectivity index (χ2n) is 19.8. The molecule has 14 aromatic carbocycles. The maximum Gasteiger partial charge on any atom is 0.143 e. The van der Waals surface area contributed by atoms with E-state index in [-0.39, 0.29) is 0 Å². The lowest BCUT2D eigenvalue weighted by Crippen LogP contribution is -1.91. The molecule has 0 saturated heterocycles. The van der Waals surface area contributed by atoms with Crippen LogP contribution >= 0.6 is 0 Å². The monoisotopic (exact) mass is 938 g/mol. The molecule has 0 fully saturated rings. The quantitative estimate of drug-likeness (QED) is 0.161. The molecule has 74 heavy (non-hydrogen) atoms. The van der Waals surface area contributed by atoms with Crippen molar-refractivity contribution in [3.63, 3.8) is 0 Å². The van der Waals surface area contributed by atoms with Crippen LogP contribution in [0, 0.1) is 0 Å². The first-order chi connectivity index (χ1) is 36.7. The highest BCUT2D eigenvalue weighted by Gasteiger charge is 2.23. The third-order valence-electron chi connectivity index (χ3n) is 15.8. The van der Waals surface area contributed by atoms with Gasteiger partial charge < -0.3 is 8.83 Å². The van der Waals surface area contributed by atoms with E-state index in [1.807, 2.05) is 6.07 Å². The average molecular weight is 939 g/mol. The van der Waals surface area contributed by atoms with E-state index in [4.69, 9.17) is 8.83 Å². The molecular weight excluding hydrogens is 897 g/mol. The predicted octanol–water partition coefficient (Wildman–Crippen LogP) is 20.7. The molecule has 0 aliphatic rings. The summed E-state index contributed by atoms with van der Waals surface area (Å²) in [7, 11) is 0. The first-order valence-electron chi connectivity index (χ1n) is 25.5. The Kier molecular flexibility index (Phi) is 8.78. The van der Waals surface area contributed by atoms with Crippen molar-refractivity contribution in [3.05, 3.63) is 255 Å². The van der Waals surface area contributed by atoms with Crippen molar-refractivity contribution < 1.29 is 8.83 Å². The van der Waals surface area contributed by atoms with Gasteiger partial charge in [0.25, 0.3) is 0 Å². The Balaban J connectivity index is 0.840. The summed E-state index contributed by atoms with van der Waals surface area (Å²) < 4.78 is 13.6. The Hall–Kier alpha value is -9.76. The van der Waals surface area contributed by atoms with Crippen LogP contribution in [0.1, 0.15) is 0 Å². The molecule has 2 heterocycles. The normalized spacial score (nSPS) is 12.1. The predicted molar refractivity (Wildman–Crippen MR) is 313 cm³/mol. The fraction of sp³-hybridized carbons (Fsp3) is 0. The smallest absolute Gasteiger partial charge is 0.143 e. The van der Waals surface area contributed by atoms with Gasteiger partial charge in [0.15, 0.2) is 0 Å². The Morgan fingerprint density at radius 1 is 0.189 bits per heavy atom. The number of hydrogen-bond donors (Lipinski definition) is 0. The fourth-order valence-corrected chi connectivity index (χ4v) is 12.6. The van der Waals surface area contributed by atoms with Crippen molar-refractivity contribution in [1.82, 2.24) is 0 Å². The SMILES string of the molecule is c1ccc2c(-c3c4ccccc4c(-c4ccc5oc6c(-c7ccc8ccc(-c9c%10ccccc%10c(-c%10cccc%11c%10oc%10ccccc%10%11)c%10ccccc9%10)cc8c7)cccc6c5c4)c4ccccc34)cccc2c1. The highest BCUT2D eigenvalue weighted by Crippen LogP contribution is 2.49. The highest BCUT2D eigenvalue weighted by molar-refractivity contribution is 6.26. The van der Waals surface area contributed by atoms with Crippen molar-refractivity contribution in [2.75, 3.05) is 0 Å². The molecule has 0 saturated carbocycles. The fourth-order valence-electron chi connectivity index (χ4n) is 12.6. The molecule has 2 aromatic heterocycles. The molecule has 2 nitrogen and oxygen atoms in total. The molecule has 0 aliphatic heterocycles. The Bertz CT molecular complexity index is 4910. The Morgan fingerprint density at radius 2 is 0.581 bits per heavy atom. The average Bonchev–Trinajstić information content (AvgIpc) is 4.08. The van der Waals surface area contributed by atoms with E-state index in [2.05, 4.69) is 249 Å². The van der Waals surface area contributed by atoms with Gasteiger partial charge in [-0.25, -0.2) is 0 Å². The third-order valence-corrected chi connectivity index (χ3v) is 15.8. The maximum atomic E-state index is 6.91. The first kappa shape index (κ1) is 40.9. The van der Waals surface area contributed by atoms with E-state index >= 15 is 0 Å². The van der Waals surface area contributed by atoms with Crippen LogP contribution in [0.15, 0.2) is 264 Å². The van der Waals surface area contributed by atoms with Crippen LogP contribution in [0.25, 0.3) is 164 Å². The van der Waals surface area contributed by atoms with Gasteiger partial charge in [-0.05, 0) is 134 Å². The molecule has 0 amide bonds. The molecule has 342 valence electrons. The van der Waals surface area contributed by atoms with Gasteiger partial charge in [-0.3, -0.25) is 0 Å². The molecular formula is C72H42O2. The lowest BCUT2D eigenvalue weighted by atomic mass is 9.84. The van der Waals surface area contributed by atoms with E-state index in [0.717, 1.165) is 60.6 Å². The molecule has 0 unspecified atom stereocenters. The summed E-state index contributed by atoms with van der Waals surface area (Å²) in [5.74, 6) is 0. The molecule has 0 aliphatic carbocycles. The maximum absolute atomic E-state index is 6.91. The van der Waals surface area contributed by atoms with Crippen molar-refractivity contribution in [3.8, 4) is 55.6 Å². The van der Waals surface area contributed by atoms with Crippen LogP contribution in [0.2, 0.25) is 0 Å². The molecule has 0 bridgehead atoms. The largest absolute Gasteiger partial charge is 0.455 e. The summed E-state index contributed by atoms with van der Waals surface area (Å²) in [4.78, 5) is 0. The Morgan fingerprint density at radius 3 is 1.22 bits per heavy atom. The number of hydrogen-bond acceptors (Lipinski definition) is 2. The number of rotatable bonds is 5. The number of para-hydroxylation sites is 3. The van der Waals surface area contributed by atoms with E-state index < -0.39 is 0 Å². The minimum absolute atomic E-state index is 0.874. The van der Waals surface area contributed by atoms with E-state index in [1.165, 1.54) is 104 Å². The number of fused-ring (bicyclic) bond motifs is 12. The van der Waals surface area contributed by atoms with Gasteiger partial charge in [0.05, 0.1) is 0 Å². The first-order valence-corrected chi connectivity index (χ1v) is 25.5. The topological polar surface area (TPSA) is 26.3 Å². The lowest BCUT2D eigenvalue weighted by Gasteiger charge is -2.18. The Labute approximate surface area is 425 Å². The van der Waals surface area contributed by atoms with E-state index in [9.17, 15) is 0 Å². The summed E-state index contributed by atoms with van der Waals surface area (Å²) >= 11 is 0. The zero-order chi connectivity index (χ0) is 48.4. The van der Waals surface area contributed by atoms with Gasteiger partial charge in [0, 0.05) is 38.2 Å². The van der Waals surface area contributed by atoms with Crippen LogP contribution < -0.4 is 0 Å². The van der Waals surface area contributed by atoms with Gasteiger partial charge >= 0.3 is 0 Å². The lowest BCUT2D eigenvalue weighted by molar-refractivity contribution is 0.669. The van der Waals surface area contributed by atoms with Crippen LogP contribution in [0.3, 0.4) is 0 Å². The van der Waals surface area contributed by atoms with Gasteiger partial charge in [-0.1, -0.05) is 224 Å². The van der Waals surface area contributed by atoms with Gasteiger partial charge in [0.2, 0.25) is 0 Å². The summed E-state index contributed by atoms with van der Waals surface area (Å²) in [6.45, 7) is 0. The van der Waals surface area contributed by atoms with Gasteiger partial charge in [-0.2, -0.15) is 0 Å². The second kappa shape index (κ2) is 15.9. The molecule has 16 aromatic rings. The molecule has 0 N–H and O–H groups in total. The molecule has 0 spiro atoms. The van der Waals surface area contributed by atoms with Crippen LogP contribution in [0.5, 0.6) is 0 Å². The zero-order valence-corrected chi connectivity index (χ0v) is 40.1. The molecule has 16 rings (SSSR count). The van der Waals surface area contributed by atoms with Crippen molar-refractivity contribution in [2.24, 2.45) is 0 Å². The van der Waals surface area contributed by atoms with Crippen LogP contribution in [-0.4, -0.2) is 0 Å². The second-order valence-corrected chi connectivity index (χ2v) is 19.8. The van der Waals surface area contributed by atoms with Crippen molar-refractivity contribution in [2.45, 2.75) is 0 Å². The van der Waals surface area contributed by atoms with Crippen molar-refractivity contribution >= 4 is 109 Å². The summed E-state index contributed by atoms with van der Waals surface area (Å²) in [5, 5.41) is 19.1. The summed E-state index contributed by atoms with van der Waals surface area (Å²) in [6.07, 6.45) is 0. The number of benzene rings is 14. The van der Waals surface area contributed by atoms with Crippen LogP contribution in [0.4, 0.5) is 0 Å². The van der Waals surface area contributed by atoms with E-state index in [1.54, 1.807) is 0 Å². The van der Waals surface area contributed by atoms with Gasteiger partial charge in [-0.15, -0.1) is 0 Å². The van der Waals surface area contributed by atoms with Crippen molar-refractivity contribution in [1.29, 1.82) is 0 Å². The molecule has 2 heteroatoms. The standard InChI is InChI=1S/C72H42O2/c1-2-18-49-44(16-1)17-13-29-52(49)69-57-24-7-3-20-53(57)68(54-21-4-8-25-58(54)69)47-38-39-66-64(42-47)62-31-14-28-50(71(62)74-66)45-36-34-43-35-37-46(41-48(43)40-45)67-55-22-5-9-26-59(55)70(60-27-10-6-23-56(60)67)63-32-15-30-61-51-19-11-12-33-65(51)73-72(61)63/h1-42H. The minimum Gasteiger partial charge on any atom is -0.455 e. The minimum atomic E-state index is 0.874. The molecule has 0 atom stereocenters. The summed E-state index contributed by atoms with van der Waals surface area (Å²) in [6, 6.07) is 93.0. The number of furan rings is 2. The highest BCUT2D eigenvalue weighted by atomic mass is 16.3. The third kappa shape index (κ3) is 6.00.